The maximum atomic E-state index is 9.68. The van der Waals surface area contributed by atoms with E-state index in [1.807, 2.05) is 6.07 Å². The first-order valence-corrected chi connectivity index (χ1v) is 5.13. The molecule has 3 nitrogen and oxygen atoms in total. The minimum atomic E-state index is -1.20. The molecule has 2 N–H and O–H groups in total. The number of hydrogen-bond acceptors (Lipinski definition) is 3. The molecule has 80 valence electrons. The number of halogens is 2. The SMILES string of the molecule is N#Cc1ccc(Cl)cc1C(O)C(O)CCl. The number of benzene rings is 1. The molecule has 0 saturated heterocycles. The van der Waals surface area contributed by atoms with Crippen LogP contribution in [0.2, 0.25) is 5.02 Å². The van der Waals surface area contributed by atoms with E-state index in [1.165, 1.54) is 12.1 Å². The molecule has 1 aromatic carbocycles. The number of rotatable bonds is 3. The van der Waals surface area contributed by atoms with E-state index in [0.717, 1.165) is 0 Å². The average molecular weight is 246 g/mol. The highest BCUT2D eigenvalue weighted by Crippen LogP contribution is 2.24. The summed E-state index contributed by atoms with van der Waals surface area (Å²) in [6.45, 7) is 0. The van der Waals surface area contributed by atoms with Gasteiger partial charge in [-0.05, 0) is 18.2 Å². The molecule has 0 radical (unpaired) electrons. The fraction of sp³-hybridized carbons (Fsp3) is 0.300. The second-order valence-electron chi connectivity index (χ2n) is 3.01. The van der Waals surface area contributed by atoms with Gasteiger partial charge in [-0.25, -0.2) is 0 Å². The number of hydrogen-bond donors (Lipinski definition) is 2. The van der Waals surface area contributed by atoms with Crippen molar-refractivity contribution in [1.82, 2.24) is 0 Å². The highest BCUT2D eigenvalue weighted by molar-refractivity contribution is 6.30. The molecule has 5 heteroatoms. The normalized spacial score (nSPS) is 14.3. The van der Waals surface area contributed by atoms with E-state index < -0.39 is 12.2 Å². The largest absolute Gasteiger partial charge is 0.389 e. The Morgan fingerprint density at radius 3 is 2.60 bits per heavy atom. The first-order chi connectivity index (χ1) is 7.10. The fourth-order valence-corrected chi connectivity index (χ4v) is 1.52. The molecule has 1 aromatic rings. The summed E-state index contributed by atoms with van der Waals surface area (Å²) < 4.78 is 0. The van der Waals surface area contributed by atoms with E-state index in [2.05, 4.69) is 0 Å². The van der Waals surface area contributed by atoms with Crippen LogP contribution in [0.4, 0.5) is 0 Å². The first-order valence-electron chi connectivity index (χ1n) is 4.21. The molecular weight excluding hydrogens is 237 g/mol. The second kappa shape index (κ2) is 5.34. The number of nitriles is 1. The summed E-state index contributed by atoms with van der Waals surface area (Å²) in [4.78, 5) is 0. The molecule has 1 rings (SSSR count). The number of alkyl halides is 1. The van der Waals surface area contributed by atoms with Gasteiger partial charge in [-0.2, -0.15) is 5.26 Å². The molecule has 2 unspecified atom stereocenters. The minimum absolute atomic E-state index is 0.113. The monoisotopic (exact) mass is 245 g/mol. The molecule has 15 heavy (non-hydrogen) atoms. The third kappa shape index (κ3) is 2.83. The number of aliphatic hydroxyl groups is 2. The summed E-state index contributed by atoms with van der Waals surface area (Å²) in [7, 11) is 0. The molecule has 0 aromatic heterocycles. The van der Waals surface area contributed by atoms with E-state index in [1.54, 1.807) is 6.07 Å². The molecule has 0 saturated carbocycles. The van der Waals surface area contributed by atoms with Crippen LogP contribution in [0.1, 0.15) is 17.2 Å². The van der Waals surface area contributed by atoms with Crippen molar-refractivity contribution in [2.24, 2.45) is 0 Å². The highest BCUT2D eigenvalue weighted by Gasteiger charge is 2.20. The Morgan fingerprint density at radius 2 is 2.07 bits per heavy atom. The Bertz CT molecular complexity index is 389. The maximum Gasteiger partial charge on any atom is 0.107 e. The molecule has 0 aliphatic carbocycles. The topological polar surface area (TPSA) is 64.2 Å². The molecule has 0 fully saturated rings. The van der Waals surface area contributed by atoms with Crippen LogP contribution in [0.3, 0.4) is 0 Å². The lowest BCUT2D eigenvalue weighted by atomic mass is 10.00. The Hall–Kier alpha value is -0.790. The van der Waals surface area contributed by atoms with Crippen LogP contribution >= 0.6 is 23.2 Å². The van der Waals surface area contributed by atoms with Crippen molar-refractivity contribution in [2.45, 2.75) is 12.2 Å². The van der Waals surface area contributed by atoms with Gasteiger partial charge in [-0.3, -0.25) is 0 Å². The summed E-state index contributed by atoms with van der Waals surface area (Å²) in [6, 6.07) is 6.39. The van der Waals surface area contributed by atoms with Crippen molar-refractivity contribution in [1.29, 1.82) is 5.26 Å². The third-order valence-electron chi connectivity index (χ3n) is 1.98. The number of nitrogens with zero attached hydrogens (tertiary/aromatic N) is 1. The van der Waals surface area contributed by atoms with E-state index in [-0.39, 0.29) is 17.0 Å². The predicted octanol–water partition coefficient (Wildman–Crippen LogP) is 1.84. The Morgan fingerprint density at radius 1 is 1.40 bits per heavy atom. The quantitative estimate of drug-likeness (QED) is 0.800. The van der Waals surface area contributed by atoms with E-state index in [0.29, 0.717) is 5.02 Å². The zero-order chi connectivity index (χ0) is 11.4. The second-order valence-corrected chi connectivity index (χ2v) is 3.75. The zero-order valence-corrected chi connectivity index (χ0v) is 9.20. The van der Waals surface area contributed by atoms with Gasteiger partial charge >= 0.3 is 0 Å². The lowest BCUT2D eigenvalue weighted by Crippen LogP contribution is -2.20. The molecular formula is C10H9Cl2NO2. The van der Waals surface area contributed by atoms with E-state index in [4.69, 9.17) is 28.5 Å². The molecule has 0 spiro atoms. The van der Waals surface area contributed by atoms with Crippen LogP contribution in [0.15, 0.2) is 18.2 Å². The standard InChI is InChI=1S/C10H9Cl2NO2/c11-4-9(14)10(15)8-3-7(12)2-1-6(8)5-13/h1-3,9-10,14-15H,4H2. The van der Waals surface area contributed by atoms with Crippen LogP contribution in [-0.2, 0) is 0 Å². The summed E-state index contributed by atoms with van der Waals surface area (Å²) in [5.74, 6) is -0.113. The Kier molecular flexibility index (Phi) is 4.37. The van der Waals surface area contributed by atoms with Gasteiger partial charge < -0.3 is 10.2 Å². The molecule has 0 bridgehead atoms. The summed E-state index contributed by atoms with van der Waals surface area (Å²) in [6.07, 6.45) is -2.31. The van der Waals surface area contributed by atoms with Gasteiger partial charge in [0.25, 0.3) is 0 Å². The van der Waals surface area contributed by atoms with Gasteiger partial charge in [0, 0.05) is 10.6 Å². The Labute approximate surface area is 97.5 Å². The summed E-state index contributed by atoms with van der Waals surface area (Å²) >= 11 is 11.1. The first kappa shape index (κ1) is 12.3. The zero-order valence-electron chi connectivity index (χ0n) is 7.69. The summed E-state index contributed by atoms with van der Waals surface area (Å²) in [5, 5.41) is 28.2. The molecule has 0 amide bonds. The van der Waals surface area contributed by atoms with Crippen molar-refractivity contribution >= 4 is 23.2 Å². The van der Waals surface area contributed by atoms with E-state index in [9.17, 15) is 10.2 Å². The maximum absolute atomic E-state index is 9.68. The van der Waals surface area contributed by atoms with Crippen LogP contribution < -0.4 is 0 Å². The van der Waals surface area contributed by atoms with Crippen LogP contribution in [-0.4, -0.2) is 22.2 Å². The molecule has 0 aliphatic heterocycles. The predicted molar refractivity (Wildman–Crippen MR) is 57.9 cm³/mol. The van der Waals surface area contributed by atoms with Gasteiger partial charge in [0.2, 0.25) is 0 Å². The van der Waals surface area contributed by atoms with Crippen molar-refractivity contribution in [3.8, 4) is 6.07 Å². The van der Waals surface area contributed by atoms with Gasteiger partial charge in [-0.1, -0.05) is 11.6 Å². The average Bonchev–Trinajstić information content (AvgIpc) is 2.27. The van der Waals surface area contributed by atoms with Gasteiger partial charge in [0.1, 0.15) is 6.10 Å². The smallest absolute Gasteiger partial charge is 0.107 e. The number of aliphatic hydroxyl groups excluding tert-OH is 2. The van der Waals surface area contributed by atoms with Crippen LogP contribution in [0.5, 0.6) is 0 Å². The lowest BCUT2D eigenvalue weighted by molar-refractivity contribution is 0.0325. The van der Waals surface area contributed by atoms with Gasteiger partial charge in [-0.15, -0.1) is 11.6 Å². The van der Waals surface area contributed by atoms with Gasteiger partial charge in [0.05, 0.1) is 23.6 Å². The molecule has 0 heterocycles. The minimum Gasteiger partial charge on any atom is -0.389 e. The van der Waals surface area contributed by atoms with E-state index >= 15 is 0 Å². The third-order valence-corrected chi connectivity index (χ3v) is 2.53. The van der Waals surface area contributed by atoms with Crippen molar-refractivity contribution in [3.05, 3.63) is 34.3 Å². The van der Waals surface area contributed by atoms with Crippen molar-refractivity contribution in [3.63, 3.8) is 0 Å². The van der Waals surface area contributed by atoms with Crippen LogP contribution in [0, 0.1) is 11.3 Å². The Balaban J connectivity index is 3.12. The summed E-state index contributed by atoms with van der Waals surface area (Å²) in [5.41, 5.74) is 0.564. The molecule has 2 atom stereocenters. The van der Waals surface area contributed by atoms with Gasteiger partial charge in [0.15, 0.2) is 0 Å². The highest BCUT2D eigenvalue weighted by atomic mass is 35.5. The molecule has 0 aliphatic rings. The van der Waals surface area contributed by atoms with Crippen LogP contribution in [0.25, 0.3) is 0 Å². The van der Waals surface area contributed by atoms with Crippen molar-refractivity contribution in [2.75, 3.05) is 5.88 Å². The lowest BCUT2D eigenvalue weighted by Gasteiger charge is -2.16. The van der Waals surface area contributed by atoms with Crippen molar-refractivity contribution < 1.29 is 10.2 Å². The fourth-order valence-electron chi connectivity index (χ4n) is 1.17.